The highest BCUT2D eigenvalue weighted by Gasteiger charge is 2.51. The summed E-state index contributed by atoms with van der Waals surface area (Å²) in [5.41, 5.74) is 0.00431. The fourth-order valence-electron chi connectivity index (χ4n) is 4.86. The van der Waals surface area contributed by atoms with Crippen LogP contribution in [0.25, 0.3) is 0 Å². The summed E-state index contributed by atoms with van der Waals surface area (Å²) in [7, 11) is 0. The highest BCUT2D eigenvalue weighted by atomic mass is 19.3. The maximum atomic E-state index is 13.2. The summed E-state index contributed by atoms with van der Waals surface area (Å²) in [6, 6.07) is 0. The van der Waals surface area contributed by atoms with E-state index in [0.29, 0.717) is 6.92 Å². The third kappa shape index (κ3) is 2.28. The van der Waals surface area contributed by atoms with Crippen LogP contribution in [-0.2, 0) is 4.74 Å². The molecule has 1 nitrogen and oxygen atoms in total. The average molecular weight is 262 g/mol. The normalized spacial score (nSPS) is 44.3. The smallest absolute Gasteiger partial charge is 0.300 e. The quantitative estimate of drug-likeness (QED) is 0.739. The molecule has 4 fully saturated rings. The summed E-state index contributed by atoms with van der Waals surface area (Å²) in [6.45, 7) is 0.762. The predicted octanol–water partition coefficient (Wildman–Crippen LogP) is 4.17. The van der Waals surface area contributed by atoms with Gasteiger partial charge >= 0.3 is 0 Å². The van der Waals surface area contributed by atoms with Crippen LogP contribution in [0.15, 0.2) is 0 Å². The number of hydrogen-bond acceptors (Lipinski definition) is 1. The molecule has 0 aromatic rings. The fraction of sp³-hybridized carbons (Fsp3) is 1.00. The van der Waals surface area contributed by atoms with E-state index in [0.717, 1.165) is 37.0 Å². The summed E-state index contributed by atoms with van der Waals surface area (Å²) in [6.07, 6.45) is 4.60. The Balaban J connectivity index is 1.62. The monoisotopic (exact) mass is 262 g/mol. The molecule has 0 aromatic carbocycles. The summed E-state index contributed by atoms with van der Waals surface area (Å²) in [5, 5.41) is 0. The molecule has 4 heteroatoms. The fourth-order valence-corrected chi connectivity index (χ4v) is 4.86. The van der Waals surface area contributed by atoms with Crippen LogP contribution >= 0.6 is 0 Å². The predicted molar refractivity (Wildman–Crippen MR) is 62.1 cm³/mol. The standard InChI is InChI=1S/C14H21F3O/c1-13(16,17)12(15)18-8-14-5-9-2-10(6-14)4-11(3-9)7-14/h9-12H,2-8H2,1H3. The third-order valence-corrected chi connectivity index (χ3v) is 5.10. The molecule has 0 aromatic heterocycles. The topological polar surface area (TPSA) is 9.23 Å². The van der Waals surface area contributed by atoms with Gasteiger partial charge in [0.25, 0.3) is 12.3 Å². The molecule has 0 aliphatic heterocycles. The Labute approximate surface area is 106 Å². The minimum Gasteiger partial charge on any atom is -0.343 e. The molecular weight excluding hydrogens is 241 g/mol. The van der Waals surface area contributed by atoms with E-state index >= 15 is 0 Å². The maximum absolute atomic E-state index is 13.2. The van der Waals surface area contributed by atoms with Crippen molar-refractivity contribution in [3.63, 3.8) is 0 Å². The number of halogens is 3. The lowest BCUT2D eigenvalue weighted by atomic mass is 9.50. The molecule has 0 amide bonds. The van der Waals surface area contributed by atoms with Crippen LogP contribution in [0.1, 0.15) is 45.4 Å². The lowest BCUT2D eigenvalue weighted by molar-refractivity contribution is -0.213. The van der Waals surface area contributed by atoms with E-state index in [1.54, 1.807) is 0 Å². The van der Waals surface area contributed by atoms with Crippen LogP contribution in [0, 0.1) is 23.2 Å². The third-order valence-electron chi connectivity index (χ3n) is 5.10. The Morgan fingerprint density at radius 2 is 1.56 bits per heavy atom. The van der Waals surface area contributed by atoms with Gasteiger partial charge in [0.15, 0.2) is 0 Å². The Kier molecular flexibility index (Phi) is 2.92. The van der Waals surface area contributed by atoms with Crippen molar-refractivity contribution in [1.29, 1.82) is 0 Å². The van der Waals surface area contributed by atoms with E-state index in [-0.39, 0.29) is 12.0 Å². The van der Waals surface area contributed by atoms with Crippen molar-refractivity contribution in [2.75, 3.05) is 6.61 Å². The molecule has 18 heavy (non-hydrogen) atoms. The molecule has 0 saturated heterocycles. The second-order valence-electron chi connectivity index (χ2n) is 7.00. The molecule has 4 bridgehead atoms. The van der Waals surface area contributed by atoms with Gasteiger partial charge in [-0.05, 0) is 61.7 Å². The zero-order valence-corrected chi connectivity index (χ0v) is 10.8. The first-order chi connectivity index (χ1) is 8.36. The van der Waals surface area contributed by atoms with Gasteiger partial charge < -0.3 is 4.74 Å². The van der Waals surface area contributed by atoms with E-state index in [1.807, 2.05) is 0 Å². The van der Waals surface area contributed by atoms with Crippen molar-refractivity contribution < 1.29 is 17.9 Å². The van der Waals surface area contributed by atoms with E-state index in [9.17, 15) is 13.2 Å². The second kappa shape index (κ2) is 4.12. The molecule has 4 aliphatic carbocycles. The number of ether oxygens (including phenoxy) is 1. The molecule has 1 atom stereocenters. The van der Waals surface area contributed by atoms with E-state index in [1.165, 1.54) is 19.3 Å². The number of hydrogen-bond donors (Lipinski definition) is 0. The van der Waals surface area contributed by atoms with Crippen molar-refractivity contribution in [1.82, 2.24) is 0 Å². The molecular formula is C14H21F3O. The van der Waals surface area contributed by atoms with Gasteiger partial charge in [0.05, 0.1) is 6.61 Å². The van der Waals surface area contributed by atoms with Gasteiger partial charge in [0, 0.05) is 6.92 Å². The maximum Gasteiger partial charge on any atom is 0.300 e. The van der Waals surface area contributed by atoms with E-state index < -0.39 is 12.3 Å². The zero-order valence-electron chi connectivity index (χ0n) is 10.8. The minimum absolute atomic E-state index is 0.00431. The van der Waals surface area contributed by atoms with Gasteiger partial charge in [-0.15, -0.1) is 0 Å². The van der Waals surface area contributed by atoms with Crippen molar-refractivity contribution in [2.45, 2.75) is 57.7 Å². The Morgan fingerprint density at radius 3 is 1.94 bits per heavy atom. The lowest BCUT2D eigenvalue weighted by Gasteiger charge is -2.56. The minimum atomic E-state index is -3.39. The van der Waals surface area contributed by atoms with Crippen LogP contribution in [0.5, 0.6) is 0 Å². The van der Waals surface area contributed by atoms with E-state index in [4.69, 9.17) is 4.74 Å². The Bertz CT molecular complexity index is 288. The molecule has 0 spiro atoms. The van der Waals surface area contributed by atoms with Gasteiger partial charge in [-0.1, -0.05) is 0 Å². The lowest BCUT2D eigenvalue weighted by Crippen LogP contribution is -2.49. The first-order valence-corrected chi connectivity index (χ1v) is 7.00. The zero-order chi connectivity index (χ0) is 13.0. The molecule has 0 N–H and O–H groups in total. The van der Waals surface area contributed by atoms with Crippen molar-refractivity contribution in [3.8, 4) is 0 Å². The van der Waals surface area contributed by atoms with Crippen molar-refractivity contribution in [2.24, 2.45) is 23.2 Å². The molecule has 104 valence electrons. The average Bonchev–Trinajstić information content (AvgIpc) is 2.22. The van der Waals surface area contributed by atoms with Crippen LogP contribution in [0.4, 0.5) is 13.2 Å². The number of rotatable bonds is 4. The molecule has 0 radical (unpaired) electrons. The van der Waals surface area contributed by atoms with Crippen LogP contribution < -0.4 is 0 Å². The first-order valence-electron chi connectivity index (χ1n) is 7.00. The van der Waals surface area contributed by atoms with Crippen LogP contribution in [-0.4, -0.2) is 18.9 Å². The largest absolute Gasteiger partial charge is 0.343 e. The summed E-state index contributed by atoms with van der Waals surface area (Å²) in [5.74, 6) is -1.18. The highest BCUT2D eigenvalue weighted by molar-refractivity contribution is 5.01. The summed E-state index contributed by atoms with van der Waals surface area (Å²) < 4.78 is 43.6. The van der Waals surface area contributed by atoms with Gasteiger partial charge in [-0.25, -0.2) is 13.2 Å². The second-order valence-corrected chi connectivity index (χ2v) is 7.00. The molecule has 4 aliphatic rings. The molecule has 4 rings (SSSR count). The van der Waals surface area contributed by atoms with Crippen molar-refractivity contribution >= 4 is 0 Å². The Morgan fingerprint density at radius 1 is 1.11 bits per heavy atom. The van der Waals surface area contributed by atoms with Gasteiger partial charge in [0.2, 0.25) is 0 Å². The Hall–Kier alpha value is -0.250. The van der Waals surface area contributed by atoms with E-state index in [2.05, 4.69) is 0 Å². The molecule has 1 unspecified atom stereocenters. The SMILES string of the molecule is CC(F)(F)C(F)OCC12CC3CC(CC(C3)C1)C2. The van der Waals surface area contributed by atoms with Gasteiger partial charge in [-0.2, -0.15) is 0 Å². The molecule has 4 saturated carbocycles. The van der Waals surface area contributed by atoms with Gasteiger partial charge in [-0.3, -0.25) is 0 Å². The first kappa shape index (κ1) is 12.8. The van der Waals surface area contributed by atoms with Crippen molar-refractivity contribution in [3.05, 3.63) is 0 Å². The highest BCUT2D eigenvalue weighted by Crippen LogP contribution is 2.60. The summed E-state index contributed by atoms with van der Waals surface area (Å²) >= 11 is 0. The number of alkyl halides is 3. The summed E-state index contributed by atoms with van der Waals surface area (Å²) in [4.78, 5) is 0. The molecule has 0 heterocycles. The van der Waals surface area contributed by atoms with Crippen LogP contribution in [0.2, 0.25) is 0 Å². The van der Waals surface area contributed by atoms with Gasteiger partial charge in [0.1, 0.15) is 0 Å². The van der Waals surface area contributed by atoms with Crippen LogP contribution in [0.3, 0.4) is 0 Å².